The Bertz CT molecular complexity index is 319. The summed E-state index contributed by atoms with van der Waals surface area (Å²) in [6.45, 7) is -0.249. The lowest BCUT2D eigenvalue weighted by molar-refractivity contribution is 0.492. The van der Waals surface area contributed by atoms with Crippen molar-refractivity contribution in [1.82, 2.24) is 5.32 Å². The molecule has 1 aromatic carbocycles. The molecule has 0 aliphatic heterocycles. The Hall–Kier alpha value is -0.870. The van der Waals surface area contributed by atoms with Gasteiger partial charge < -0.3 is 10.6 Å². The minimum absolute atomic E-state index is 0.205. The van der Waals surface area contributed by atoms with Crippen LogP contribution in [0.4, 0.5) is 10.1 Å². The van der Waals surface area contributed by atoms with Gasteiger partial charge in [0.25, 0.3) is 0 Å². The van der Waals surface area contributed by atoms with E-state index in [0.29, 0.717) is 15.8 Å². The van der Waals surface area contributed by atoms with Crippen LogP contribution in [0.2, 0.25) is 5.02 Å². The van der Waals surface area contributed by atoms with E-state index in [1.54, 1.807) is 12.1 Å². The fraction of sp³-hybridized carbons (Fsp3) is 0.222. The predicted molar refractivity (Wildman–Crippen MR) is 61.7 cm³/mol. The second-order valence-electron chi connectivity index (χ2n) is 2.55. The topological polar surface area (TPSA) is 24.1 Å². The van der Waals surface area contributed by atoms with Crippen LogP contribution in [-0.4, -0.2) is 18.3 Å². The van der Waals surface area contributed by atoms with Crippen molar-refractivity contribution in [2.75, 3.05) is 18.5 Å². The van der Waals surface area contributed by atoms with E-state index in [1.807, 2.05) is 12.1 Å². The van der Waals surface area contributed by atoms with Crippen molar-refractivity contribution < 1.29 is 4.39 Å². The number of anilines is 1. The van der Waals surface area contributed by atoms with Gasteiger partial charge in [-0.2, -0.15) is 0 Å². The molecule has 0 fully saturated rings. The molecule has 0 bridgehead atoms. The van der Waals surface area contributed by atoms with Gasteiger partial charge >= 0.3 is 0 Å². The highest BCUT2D eigenvalue weighted by atomic mass is 35.5. The van der Waals surface area contributed by atoms with Crippen LogP contribution in [0.15, 0.2) is 24.3 Å². The maximum absolute atomic E-state index is 11.8. The van der Waals surface area contributed by atoms with E-state index >= 15 is 0 Å². The summed E-state index contributed by atoms with van der Waals surface area (Å²) in [5.74, 6) is 0. The van der Waals surface area contributed by atoms with E-state index in [9.17, 15) is 4.39 Å². The first-order chi connectivity index (χ1) is 6.74. The Morgan fingerprint density at radius 1 is 1.43 bits per heavy atom. The van der Waals surface area contributed by atoms with Crippen molar-refractivity contribution >= 4 is 34.6 Å². The van der Waals surface area contributed by atoms with Gasteiger partial charge in [0.1, 0.15) is 6.67 Å². The molecule has 0 saturated carbocycles. The van der Waals surface area contributed by atoms with Crippen LogP contribution in [-0.2, 0) is 0 Å². The molecule has 14 heavy (non-hydrogen) atoms. The highest BCUT2D eigenvalue weighted by Crippen LogP contribution is 2.19. The Morgan fingerprint density at radius 3 is 2.79 bits per heavy atom. The van der Waals surface area contributed by atoms with Gasteiger partial charge in [-0.15, -0.1) is 0 Å². The van der Waals surface area contributed by atoms with Gasteiger partial charge in [-0.25, -0.2) is 4.39 Å². The standard InChI is InChI=1S/C9H10ClFN2S/c10-7-3-1-2-4-8(7)13-9(14)12-6-5-11/h1-4H,5-6H2,(H2,12,13,14). The number of thiocarbonyl (C=S) groups is 1. The first kappa shape index (κ1) is 11.2. The minimum atomic E-state index is -0.454. The largest absolute Gasteiger partial charge is 0.360 e. The van der Waals surface area contributed by atoms with Crippen LogP contribution in [0, 0.1) is 0 Å². The van der Waals surface area contributed by atoms with Crippen LogP contribution in [0.5, 0.6) is 0 Å². The molecule has 0 heterocycles. The van der Waals surface area contributed by atoms with Gasteiger partial charge in [0, 0.05) is 6.54 Å². The van der Waals surface area contributed by atoms with E-state index in [2.05, 4.69) is 10.6 Å². The zero-order valence-corrected chi connectivity index (χ0v) is 8.96. The number of para-hydroxylation sites is 1. The summed E-state index contributed by atoms with van der Waals surface area (Å²) in [5, 5.41) is 6.51. The lowest BCUT2D eigenvalue weighted by Crippen LogP contribution is -2.30. The van der Waals surface area contributed by atoms with Crippen molar-refractivity contribution in [1.29, 1.82) is 0 Å². The molecule has 0 aromatic heterocycles. The van der Waals surface area contributed by atoms with Crippen LogP contribution < -0.4 is 10.6 Å². The van der Waals surface area contributed by atoms with E-state index in [0.717, 1.165) is 0 Å². The number of alkyl halides is 1. The van der Waals surface area contributed by atoms with E-state index in [1.165, 1.54) is 0 Å². The lowest BCUT2D eigenvalue weighted by atomic mass is 10.3. The van der Waals surface area contributed by atoms with Gasteiger partial charge in [0.2, 0.25) is 0 Å². The van der Waals surface area contributed by atoms with Crippen molar-refractivity contribution in [3.8, 4) is 0 Å². The number of rotatable bonds is 3. The molecule has 0 unspecified atom stereocenters. The Balaban J connectivity index is 2.52. The smallest absolute Gasteiger partial charge is 0.170 e. The number of hydrogen-bond donors (Lipinski definition) is 2. The van der Waals surface area contributed by atoms with Gasteiger partial charge in [-0.05, 0) is 24.4 Å². The summed E-state index contributed by atoms with van der Waals surface area (Å²) in [5.41, 5.74) is 0.713. The zero-order chi connectivity index (χ0) is 10.4. The molecule has 0 aliphatic carbocycles. The van der Waals surface area contributed by atoms with Gasteiger partial charge in [-0.1, -0.05) is 23.7 Å². The maximum Gasteiger partial charge on any atom is 0.170 e. The lowest BCUT2D eigenvalue weighted by Gasteiger charge is -2.09. The Labute approximate surface area is 92.5 Å². The molecule has 0 spiro atoms. The molecule has 1 aromatic rings. The van der Waals surface area contributed by atoms with Crippen molar-refractivity contribution in [2.24, 2.45) is 0 Å². The molecule has 0 saturated heterocycles. The first-order valence-corrected chi connectivity index (χ1v) is 4.88. The molecule has 0 amide bonds. The number of nitrogens with one attached hydrogen (secondary N) is 2. The Kier molecular flexibility index (Phi) is 4.62. The van der Waals surface area contributed by atoms with Gasteiger partial charge in [-0.3, -0.25) is 0 Å². The zero-order valence-electron chi connectivity index (χ0n) is 7.39. The SMILES string of the molecule is FCCNC(=S)Nc1ccccc1Cl. The molecule has 5 heteroatoms. The van der Waals surface area contributed by atoms with Crippen molar-refractivity contribution in [3.63, 3.8) is 0 Å². The molecule has 0 atom stereocenters. The Morgan fingerprint density at radius 2 is 2.14 bits per heavy atom. The molecular weight excluding hydrogens is 223 g/mol. The average molecular weight is 233 g/mol. The van der Waals surface area contributed by atoms with Gasteiger partial charge in [0.05, 0.1) is 10.7 Å². The average Bonchev–Trinajstić information content (AvgIpc) is 2.18. The van der Waals surface area contributed by atoms with Crippen LogP contribution >= 0.6 is 23.8 Å². The predicted octanol–water partition coefficient (Wildman–Crippen LogP) is 2.60. The van der Waals surface area contributed by atoms with Gasteiger partial charge in [0.15, 0.2) is 5.11 Å². The number of halogens is 2. The summed E-state index contributed by atoms with van der Waals surface area (Å²) in [6, 6.07) is 7.21. The second kappa shape index (κ2) is 5.78. The third-order valence-corrected chi connectivity index (χ3v) is 2.08. The summed E-state index contributed by atoms with van der Waals surface area (Å²) >= 11 is 10.8. The fourth-order valence-corrected chi connectivity index (χ4v) is 1.28. The van der Waals surface area contributed by atoms with Crippen molar-refractivity contribution in [3.05, 3.63) is 29.3 Å². The fourth-order valence-electron chi connectivity index (χ4n) is 0.890. The monoisotopic (exact) mass is 232 g/mol. The molecule has 76 valence electrons. The summed E-state index contributed by atoms with van der Waals surface area (Å²) in [7, 11) is 0. The highest BCUT2D eigenvalue weighted by molar-refractivity contribution is 7.80. The summed E-state index contributed by atoms with van der Waals surface area (Å²) < 4.78 is 11.8. The second-order valence-corrected chi connectivity index (χ2v) is 3.37. The molecule has 0 aliphatic rings. The molecule has 1 rings (SSSR count). The van der Waals surface area contributed by atoms with E-state index < -0.39 is 6.67 Å². The highest BCUT2D eigenvalue weighted by Gasteiger charge is 2.00. The number of benzene rings is 1. The maximum atomic E-state index is 11.8. The van der Waals surface area contributed by atoms with Crippen LogP contribution in [0.3, 0.4) is 0 Å². The molecule has 0 radical (unpaired) electrons. The molecular formula is C9H10ClFN2S. The quantitative estimate of drug-likeness (QED) is 0.784. The molecule has 2 N–H and O–H groups in total. The third-order valence-electron chi connectivity index (χ3n) is 1.50. The van der Waals surface area contributed by atoms with Crippen LogP contribution in [0.25, 0.3) is 0 Å². The minimum Gasteiger partial charge on any atom is -0.360 e. The van der Waals surface area contributed by atoms with Crippen LogP contribution in [0.1, 0.15) is 0 Å². The first-order valence-electron chi connectivity index (χ1n) is 4.09. The van der Waals surface area contributed by atoms with Crippen molar-refractivity contribution in [2.45, 2.75) is 0 Å². The summed E-state index contributed by atoms with van der Waals surface area (Å²) in [6.07, 6.45) is 0. The number of hydrogen-bond acceptors (Lipinski definition) is 1. The van der Waals surface area contributed by atoms with E-state index in [-0.39, 0.29) is 6.54 Å². The molecule has 2 nitrogen and oxygen atoms in total. The normalized spacial score (nSPS) is 9.57. The summed E-state index contributed by atoms with van der Waals surface area (Å²) in [4.78, 5) is 0. The van der Waals surface area contributed by atoms with E-state index in [4.69, 9.17) is 23.8 Å². The third kappa shape index (κ3) is 3.47.